The highest BCUT2D eigenvalue weighted by Gasteiger charge is 2.16. The van der Waals surface area contributed by atoms with E-state index in [2.05, 4.69) is 0 Å². The molecule has 0 unspecified atom stereocenters. The first kappa shape index (κ1) is 12.7. The normalized spacial score (nSPS) is 10.2. The second-order valence-electron chi connectivity index (χ2n) is 3.49. The Balaban J connectivity index is 3.15. The third-order valence-corrected chi connectivity index (χ3v) is 2.61. The number of hydrogen-bond acceptors (Lipinski definition) is 4. The average Bonchev–Trinajstić information content (AvgIpc) is 2.20. The summed E-state index contributed by atoms with van der Waals surface area (Å²) in [5, 5.41) is 19.6. The predicted octanol–water partition coefficient (Wildman–Crippen LogP) is 1.99. The van der Waals surface area contributed by atoms with Crippen molar-refractivity contribution in [2.45, 2.75) is 6.92 Å². The van der Waals surface area contributed by atoms with Gasteiger partial charge >= 0.3 is 0 Å². The number of anilines is 1. The van der Waals surface area contributed by atoms with Gasteiger partial charge in [-0.05, 0) is 18.6 Å². The Morgan fingerprint density at radius 2 is 2.19 bits per heavy atom. The Labute approximate surface area is 98.4 Å². The number of nitro benzene ring substituents is 1. The van der Waals surface area contributed by atoms with Gasteiger partial charge in [-0.15, -0.1) is 0 Å². The molecule has 1 aromatic rings. The second-order valence-corrected chi connectivity index (χ2v) is 3.90. The predicted molar refractivity (Wildman–Crippen MR) is 63.2 cm³/mol. The average molecular weight is 245 g/mol. The maximum Gasteiger partial charge on any atom is 0.288 e. The first-order valence-electron chi connectivity index (χ1n) is 4.74. The lowest BCUT2D eigenvalue weighted by molar-refractivity contribution is -0.384. The van der Waals surface area contributed by atoms with Gasteiger partial charge in [-0.2, -0.15) is 0 Å². The molecule has 0 aliphatic heterocycles. The van der Waals surface area contributed by atoms with Crippen LogP contribution >= 0.6 is 11.6 Å². The summed E-state index contributed by atoms with van der Waals surface area (Å²) in [6.07, 6.45) is 0. The van der Waals surface area contributed by atoms with Gasteiger partial charge in [-0.3, -0.25) is 10.1 Å². The van der Waals surface area contributed by atoms with E-state index in [9.17, 15) is 10.1 Å². The number of aliphatic hydroxyl groups is 1. The highest BCUT2D eigenvalue weighted by atomic mass is 35.5. The number of rotatable bonds is 4. The molecule has 0 atom stereocenters. The second kappa shape index (κ2) is 5.14. The van der Waals surface area contributed by atoms with Crippen LogP contribution in [-0.4, -0.2) is 30.2 Å². The van der Waals surface area contributed by atoms with Crippen LogP contribution in [0.15, 0.2) is 12.1 Å². The minimum atomic E-state index is -0.509. The zero-order chi connectivity index (χ0) is 12.3. The van der Waals surface area contributed by atoms with E-state index in [-0.39, 0.29) is 17.3 Å². The van der Waals surface area contributed by atoms with Crippen LogP contribution in [-0.2, 0) is 0 Å². The molecule has 1 aromatic carbocycles. The van der Waals surface area contributed by atoms with Crippen LogP contribution in [0.4, 0.5) is 11.4 Å². The smallest absolute Gasteiger partial charge is 0.288 e. The third-order valence-electron chi connectivity index (χ3n) is 2.31. The Morgan fingerprint density at radius 3 is 2.69 bits per heavy atom. The van der Waals surface area contributed by atoms with Gasteiger partial charge in [0.05, 0.1) is 11.5 Å². The summed E-state index contributed by atoms with van der Waals surface area (Å²) < 4.78 is 0. The van der Waals surface area contributed by atoms with E-state index in [0.717, 1.165) is 11.3 Å². The van der Waals surface area contributed by atoms with E-state index >= 15 is 0 Å². The van der Waals surface area contributed by atoms with E-state index in [4.69, 9.17) is 16.7 Å². The van der Waals surface area contributed by atoms with Gasteiger partial charge in [0.15, 0.2) is 0 Å². The highest BCUT2D eigenvalue weighted by molar-refractivity contribution is 6.33. The van der Waals surface area contributed by atoms with Gasteiger partial charge in [-0.1, -0.05) is 11.6 Å². The highest BCUT2D eigenvalue weighted by Crippen LogP contribution is 2.31. The molecule has 0 heterocycles. The van der Waals surface area contributed by atoms with E-state index in [1.54, 1.807) is 24.9 Å². The molecule has 88 valence electrons. The van der Waals surface area contributed by atoms with Crippen molar-refractivity contribution >= 4 is 23.0 Å². The van der Waals surface area contributed by atoms with Crippen molar-refractivity contribution in [1.29, 1.82) is 0 Å². The lowest BCUT2D eigenvalue weighted by Crippen LogP contribution is -2.22. The Hall–Kier alpha value is -1.33. The monoisotopic (exact) mass is 244 g/mol. The summed E-state index contributed by atoms with van der Waals surface area (Å²) in [4.78, 5) is 11.9. The molecular formula is C10H13ClN2O3. The standard InChI is InChI=1S/C10H13ClN2O3/c1-7-5-10(13(15)16)8(11)6-9(7)12(2)3-4-14/h5-6,14H,3-4H2,1-2H3. The molecule has 1 N–H and O–H groups in total. The van der Waals surface area contributed by atoms with Crippen molar-refractivity contribution in [2.75, 3.05) is 25.1 Å². The van der Waals surface area contributed by atoms with Crippen LogP contribution in [0, 0.1) is 17.0 Å². The summed E-state index contributed by atoms with van der Waals surface area (Å²) >= 11 is 5.81. The molecular weight excluding hydrogens is 232 g/mol. The van der Waals surface area contributed by atoms with E-state index < -0.39 is 4.92 Å². The molecule has 0 saturated carbocycles. The fourth-order valence-corrected chi connectivity index (χ4v) is 1.70. The van der Waals surface area contributed by atoms with Crippen LogP contribution in [0.5, 0.6) is 0 Å². The van der Waals surface area contributed by atoms with Crippen LogP contribution < -0.4 is 4.90 Å². The topological polar surface area (TPSA) is 66.6 Å². The molecule has 1 rings (SSSR count). The lowest BCUT2D eigenvalue weighted by Gasteiger charge is -2.20. The zero-order valence-corrected chi connectivity index (χ0v) is 9.86. The Bertz CT molecular complexity index is 409. The van der Waals surface area contributed by atoms with Crippen molar-refractivity contribution in [2.24, 2.45) is 0 Å². The fraction of sp³-hybridized carbons (Fsp3) is 0.400. The molecule has 0 saturated heterocycles. The van der Waals surface area contributed by atoms with Gasteiger partial charge in [0.1, 0.15) is 5.02 Å². The molecule has 0 amide bonds. The molecule has 6 heteroatoms. The first-order chi connectivity index (χ1) is 7.47. The van der Waals surface area contributed by atoms with Gasteiger partial charge in [-0.25, -0.2) is 0 Å². The number of aliphatic hydroxyl groups excluding tert-OH is 1. The van der Waals surface area contributed by atoms with E-state index in [1.807, 2.05) is 0 Å². The van der Waals surface area contributed by atoms with Crippen molar-refractivity contribution in [1.82, 2.24) is 0 Å². The quantitative estimate of drug-likeness (QED) is 0.650. The van der Waals surface area contributed by atoms with Gasteiger partial charge < -0.3 is 10.0 Å². The van der Waals surface area contributed by atoms with E-state index in [1.165, 1.54) is 6.07 Å². The van der Waals surface area contributed by atoms with Crippen LogP contribution in [0.2, 0.25) is 5.02 Å². The fourth-order valence-electron chi connectivity index (χ4n) is 1.48. The summed E-state index contributed by atoms with van der Waals surface area (Å²) in [7, 11) is 1.79. The number of aryl methyl sites for hydroxylation is 1. The van der Waals surface area contributed by atoms with Gasteiger partial charge in [0.2, 0.25) is 0 Å². The lowest BCUT2D eigenvalue weighted by atomic mass is 10.1. The van der Waals surface area contributed by atoms with Gasteiger partial charge in [0.25, 0.3) is 5.69 Å². The molecule has 16 heavy (non-hydrogen) atoms. The maximum atomic E-state index is 10.6. The molecule has 0 fully saturated rings. The molecule has 0 aromatic heterocycles. The molecule has 0 bridgehead atoms. The Morgan fingerprint density at radius 1 is 1.56 bits per heavy atom. The SMILES string of the molecule is Cc1cc([N+](=O)[O-])c(Cl)cc1N(C)CCO. The largest absolute Gasteiger partial charge is 0.395 e. The van der Waals surface area contributed by atoms with Crippen LogP contribution in [0.3, 0.4) is 0 Å². The number of likely N-dealkylation sites (N-methyl/N-ethyl adjacent to an activating group) is 1. The first-order valence-corrected chi connectivity index (χ1v) is 5.11. The van der Waals surface area contributed by atoms with Crippen LogP contribution in [0.1, 0.15) is 5.56 Å². The third kappa shape index (κ3) is 2.62. The van der Waals surface area contributed by atoms with Crippen molar-refractivity contribution in [3.8, 4) is 0 Å². The van der Waals surface area contributed by atoms with Crippen LogP contribution in [0.25, 0.3) is 0 Å². The molecule has 5 nitrogen and oxygen atoms in total. The van der Waals surface area contributed by atoms with Crippen molar-refractivity contribution in [3.63, 3.8) is 0 Å². The van der Waals surface area contributed by atoms with Crippen molar-refractivity contribution in [3.05, 3.63) is 32.8 Å². The molecule has 0 radical (unpaired) electrons. The maximum absolute atomic E-state index is 10.6. The molecule has 0 aliphatic rings. The molecule has 0 spiro atoms. The van der Waals surface area contributed by atoms with Crippen molar-refractivity contribution < 1.29 is 10.0 Å². The summed E-state index contributed by atoms with van der Waals surface area (Å²) in [5.74, 6) is 0. The Kier molecular flexibility index (Phi) is 4.09. The summed E-state index contributed by atoms with van der Waals surface area (Å²) in [5.41, 5.74) is 1.44. The summed E-state index contributed by atoms with van der Waals surface area (Å²) in [6, 6.07) is 2.98. The number of nitrogens with zero attached hydrogens (tertiary/aromatic N) is 2. The number of halogens is 1. The number of hydrogen-bond donors (Lipinski definition) is 1. The minimum absolute atomic E-state index is 0.0184. The number of benzene rings is 1. The summed E-state index contributed by atoms with van der Waals surface area (Å²) in [6.45, 7) is 2.24. The zero-order valence-electron chi connectivity index (χ0n) is 9.11. The molecule has 0 aliphatic carbocycles. The van der Waals surface area contributed by atoms with Gasteiger partial charge in [0, 0.05) is 25.3 Å². The number of nitro groups is 1. The minimum Gasteiger partial charge on any atom is -0.395 e. The van der Waals surface area contributed by atoms with E-state index in [0.29, 0.717) is 6.54 Å².